The highest BCUT2D eigenvalue weighted by Crippen LogP contribution is 2.31. The van der Waals surface area contributed by atoms with Crippen molar-refractivity contribution in [1.82, 2.24) is 0 Å². The maximum absolute atomic E-state index is 2.57. The van der Waals surface area contributed by atoms with Crippen LogP contribution in [-0.2, 0) is 0 Å². The predicted octanol–water partition coefficient (Wildman–Crippen LogP) is -1.32. The minimum Gasteiger partial charge on any atom is -0.0656 e. The zero-order valence-electron chi connectivity index (χ0n) is 8.48. The summed E-state index contributed by atoms with van der Waals surface area (Å²) >= 11 is 0. The first-order chi connectivity index (χ1) is 5.09. The molecule has 0 spiro atoms. The smallest absolute Gasteiger partial charge is 0.0264 e. The molecule has 0 N–H and O–H groups in total. The largest absolute Gasteiger partial charge is 0.0656 e. The molecule has 0 nitrogen and oxygen atoms in total. The third-order valence-corrected chi connectivity index (χ3v) is 110. The minimum absolute atomic E-state index is 0.386. The van der Waals surface area contributed by atoms with Gasteiger partial charge in [-0.25, -0.2) is 0 Å². The van der Waals surface area contributed by atoms with Gasteiger partial charge < -0.3 is 0 Å². The Kier molecular flexibility index (Phi) is 3.57. The Balaban J connectivity index is 2.70. The highest BCUT2D eigenvalue weighted by molar-refractivity contribution is 7.86. The van der Waals surface area contributed by atoms with Gasteiger partial charge in [0, 0.05) is 7.11 Å². The fraction of sp³-hybridized carbons (Fsp3) is 1.00. The van der Waals surface area contributed by atoms with Gasteiger partial charge in [0.25, 0.3) is 0 Å². The van der Waals surface area contributed by atoms with E-state index in [0.717, 1.165) is 17.1 Å². The van der Waals surface area contributed by atoms with Gasteiger partial charge >= 0.3 is 0 Å². The summed E-state index contributed by atoms with van der Waals surface area (Å²) in [6.07, 6.45) is 0. The normalized spacial score (nSPS) is 32.2. The lowest BCUT2D eigenvalue weighted by molar-refractivity contribution is 0.950. The van der Waals surface area contributed by atoms with Gasteiger partial charge in [-0.2, -0.15) is 0 Å². The molecule has 1 aliphatic heterocycles. The maximum Gasteiger partial charge on any atom is 0.0264 e. The topological polar surface area (TPSA) is 0 Å². The molecule has 0 bridgehead atoms. The average molecular weight is 235 g/mol. The van der Waals surface area contributed by atoms with Crippen LogP contribution in [0.3, 0.4) is 0 Å². The summed E-state index contributed by atoms with van der Waals surface area (Å²) in [7, 11) is 2.44. The van der Waals surface area contributed by atoms with Crippen LogP contribution in [0.4, 0.5) is 0 Å². The summed E-state index contributed by atoms with van der Waals surface area (Å²) < 4.78 is 0. The quantitative estimate of drug-likeness (QED) is 0.520. The van der Waals surface area contributed by atoms with Crippen LogP contribution in [0.1, 0.15) is 27.7 Å². The molecule has 5 heteroatoms. The predicted molar refractivity (Wildman–Crippen MR) is 70.1 cm³/mol. The zero-order chi connectivity index (χ0) is 8.48. The summed E-state index contributed by atoms with van der Waals surface area (Å²) in [5.74, 6) is 0. The van der Waals surface area contributed by atoms with Crippen LogP contribution in [0.2, 0.25) is 11.1 Å². The number of hydrogen-bond donors (Lipinski definition) is 0. The SMILES string of the molecule is CC(C)[Si]1(C(C)C)[SiH2][SiH2][SiH2][SiH2]1. The van der Waals surface area contributed by atoms with Crippen molar-refractivity contribution in [2.45, 2.75) is 38.8 Å². The molecule has 0 amide bonds. The van der Waals surface area contributed by atoms with Gasteiger partial charge in [0.2, 0.25) is 0 Å². The molecular weight excluding hydrogens is 212 g/mol. The van der Waals surface area contributed by atoms with E-state index < -0.39 is 0 Å². The minimum atomic E-state index is -0.386. The van der Waals surface area contributed by atoms with Crippen LogP contribution >= 0.6 is 0 Å². The zero-order valence-corrected chi connectivity index (χ0v) is 15.1. The molecule has 0 unspecified atom stereocenters. The molecule has 0 aliphatic carbocycles. The molecule has 0 atom stereocenters. The second-order valence-corrected chi connectivity index (χ2v) is 51.8. The lowest BCUT2D eigenvalue weighted by atomic mass is 10.5. The van der Waals surface area contributed by atoms with Crippen LogP contribution in [0.5, 0.6) is 0 Å². The van der Waals surface area contributed by atoms with Gasteiger partial charge in [-0.3, -0.25) is 0 Å². The molecule has 11 heavy (non-hydrogen) atoms. The molecule has 66 valence electrons. The van der Waals surface area contributed by atoms with E-state index in [-0.39, 0.29) is 7.11 Å². The summed E-state index contributed by atoms with van der Waals surface area (Å²) in [5.41, 5.74) is 2.42. The van der Waals surface area contributed by atoms with Crippen molar-refractivity contribution in [2.75, 3.05) is 0 Å². The molecule has 0 aromatic carbocycles. The molecular formula is C6H22Si5. The Labute approximate surface area is 80.2 Å². The van der Waals surface area contributed by atoms with Gasteiger partial charge in [0.05, 0.1) is 0 Å². The highest BCUT2D eigenvalue weighted by Gasteiger charge is 2.41. The van der Waals surface area contributed by atoms with Gasteiger partial charge in [0.1, 0.15) is 0 Å². The Morgan fingerprint density at radius 2 is 1.18 bits per heavy atom. The fourth-order valence-corrected chi connectivity index (χ4v) is 218. The van der Waals surface area contributed by atoms with E-state index in [1.54, 1.807) is 0 Å². The van der Waals surface area contributed by atoms with Gasteiger partial charge in [-0.1, -0.05) is 38.8 Å². The summed E-state index contributed by atoms with van der Waals surface area (Å²) in [6, 6.07) is 0. The number of rotatable bonds is 2. The molecule has 1 fully saturated rings. The van der Waals surface area contributed by atoms with E-state index in [4.69, 9.17) is 0 Å². The standard InChI is InChI=1S/C6H22Si5/c1-5(2)11(6(3)4)9-7-8-10-11/h5-6H,7-10H2,1-4H3. The first-order valence-electron chi connectivity index (χ1n) is 5.09. The Morgan fingerprint density at radius 1 is 0.818 bits per heavy atom. The fourth-order valence-electron chi connectivity index (χ4n) is 2.85. The summed E-state index contributed by atoms with van der Waals surface area (Å²) in [5, 5.41) is 0. The molecule has 0 aromatic rings. The van der Waals surface area contributed by atoms with Crippen LogP contribution in [0.15, 0.2) is 0 Å². The first kappa shape index (κ1) is 10.2. The van der Waals surface area contributed by atoms with Crippen molar-refractivity contribution in [3.63, 3.8) is 0 Å². The van der Waals surface area contributed by atoms with Gasteiger partial charge in [-0.05, 0) is 34.2 Å². The first-order valence-corrected chi connectivity index (χ1v) is 23.9. The molecule has 1 rings (SSSR count). The summed E-state index contributed by atoms with van der Waals surface area (Å²) in [6.45, 7) is 10.3. The van der Waals surface area contributed by atoms with Crippen molar-refractivity contribution in [2.24, 2.45) is 0 Å². The van der Waals surface area contributed by atoms with E-state index in [9.17, 15) is 0 Å². The molecule has 1 aliphatic rings. The lowest BCUT2D eigenvalue weighted by Crippen LogP contribution is -2.50. The third kappa shape index (κ3) is 1.88. The van der Waals surface area contributed by atoms with Crippen LogP contribution in [0.25, 0.3) is 0 Å². The molecule has 0 saturated carbocycles. The van der Waals surface area contributed by atoms with Crippen molar-refractivity contribution >= 4 is 41.3 Å². The van der Waals surface area contributed by atoms with E-state index in [0.29, 0.717) is 17.1 Å². The van der Waals surface area contributed by atoms with Gasteiger partial charge in [0.15, 0.2) is 0 Å². The van der Waals surface area contributed by atoms with Crippen LogP contribution in [-0.4, -0.2) is 41.3 Å². The molecule has 0 radical (unpaired) electrons. The summed E-state index contributed by atoms with van der Waals surface area (Å²) in [4.78, 5) is 0. The Bertz CT molecular complexity index is 117. The van der Waals surface area contributed by atoms with Crippen molar-refractivity contribution < 1.29 is 0 Å². The second kappa shape index (κ2) is 3.86. The lowest BCUT2D eigenvalue weighted by Gasteiger charge is -2.35. The second-order valence-electron chi connectivity index (χ2n) is 4.75. The Morgan fingerprint density at radius 3 is 1.36 bits per heavy atom. The van der Waals surface area contributed by atoms with Crippen molar-refractivity contribution in [3.8, 4) is 0 Å². The van der Waals surface area contributed by atoms with E-state index in [2.05, 4.69) is 27.7 Å². The van der Waals surface area contributed by atoms with E-state index in [1.165, 1.54) is 11.1 Å². The van der Waals surface area contributed by atoms with E-state index in [1.807, 2.05) is 0 Å². The third-order valence-electron chi connectivity index (χ3n) is 3.83. The van der Waals surface area contributed by atoms with Gasteiger partial charge in [-0.15, -0.1) is 0 Å². The molecule has 1 saturated heterocycles. The highest BCUT2D eigenvalue weighted by atomic mass is 30.1. The average Bonchev–Trinajstić information content (AvgIpc) is 2.34. The van der Waals surface area contributed by atoms with Crippen molar-refractivity contribution in [3.05, 3.63) is 0 Å². The number of hydrogen-bond acceptors (Lipinski definition) is 0. The molecule has 1 heterocycles. The molecule has 0 aromatic heterocycles. The van der Waals surface area contributed by atoms with Crippen LogP contribution < -0.4 is 0 Å². The van der Waals surface area contributed by atoms with E-state index >= 15 is 0 Å². The van der Waals surface area contributed by atoms with Crippen molar-refractivity contribution in [1.29, 1.82) is 0 Å². The van der Waals surface area contributed by atoms with Crippen LogP contribution in [0, 0.1) is 0 Å². The Hall–Kier alpha value is 1.08. The maximum atomic E-state index is 2.57. The monoisotopic (exact) mass is 234 g/mol.